The number of anilines is 2. The van der Waals surface area contributed by atoms with Crippen molar-refractivity contribution in [2.24, 2.45) is 0 Å². The molecule has 1 atom stereocenters. The van der Waals surface area contributed by atoms with Crippen LogP contribution in [-0.2, 0) is 16.0 Å². The van der Waals surface area contributed by atoms with Gasteiger partial charge in [0.15, 0.2) is 0 Å². The van der Waals surface area contributed by atoms with Crippen LogP contribution >= 0.6 is 0 Å². The lowest BCUT2D eigenvalue weighted by Crippen LogP contribution is -2.34. The molecule has 140 valence electrons. The number of aryl methyl sites for hydroxylation is 1. The van der Waals surface area contributed by atoms with Crippen LogP contribution in [0.15, 0.2) is 48.5 Å². The average molecular weight is 366 g/mol. The summed E-state index contributed by atoms with van der Waals surface area (Å²) in [5.74, 6) is -1.83. The van der Waals surface area contributed by atoms with Gasteiger partial charge in [0, 0.05) is 5.69 Å². The number of nitrogens with zero attached hydrogens (tertiary/aromatic N) is 1. The number of carbonyl (C=O) groups is 3. The summed E-state index contributed by atoms with van der Waals surface area (Å²) >= 11 is 0. The Morgan fingerprint density at radius 3 is 2.59 bits per heavy atom. The van der Waals surface area contributed by atoms with Crippen molar-refractivity contribution >= 4 is 29.2 Å². The summed E-state index contributed by atoms with van der Waals surface area (Å²) in [5, 5.41) is 12.2. The number of hydrogen-bond donors (Lipinski definition) is 2. The van der Waals surface area contributed by atoms with Gasteiger partial charge < -0.3 is 10.4 Å². The van der Waals surface area contributed by atoms with Crippen LogP contribution in [0.2, 0.25) is 0 Å². The fraction of sp³-hybridized carbons (Fsp3) is 0.286. The van der Waals surface area contributed by atoms with Gasteiger partial charge in [-0.15, -0.1) is 0 Å². The van der Waals surface area contributed by atoms with Gasteiger partial charge in [-0.25, -0.2) is 9.69 Å². The van der Waals surface area contributed by atoms with Crippen LogP contribution in [0.4, 0.5) is 11.4 Å². The summed E-state index contributed by atoms with van der Waals surface area (Å²) in [6, 6.07) is 13.1. The Morgan fingerprint density at radius 2 is 1.93 bits per heavy atom. The van der Waals surface area contributed by atoms with E-state index in [9.17, 15) is 14.4 Å². The minimum atomic E-state index is -1.10. The molecule has 3 rings (SSSR count). The molecule has 1 fully saturated rings. The van der Waals surface area contributed by atoms with Gasteiger partial charge in [0.05, 0.1) is 17.7 Å². The molecule has 1 heterocycles. The first kappa shape index (κ1) is 18.6. The van der Waals surface area contributed by atoms with E-state index >= 15 is 0 Å². The number of carboxylic acids is 1. The third-order valence-corrected chi connectivity index (χ3v) is 4.61. The van der Waals surface area contributed by atoms with Crippen LogP contribution in [0.5, 0.6) is 0 Å². The number of hydrogen-bond acceptors (Lipinski definition) is 4. The summed E-state index contributed by atoms with van der Waals surface area (Å²) in [6.45, 7) is 2.15. The van der Waals surface area contributed by atoms with Gasteiger partial charge in [0.2, 0.25) is 5.91 Å². The normalized spacial score (nSPS) is 16.6. The first-order valence-corrected chi connectivity index (χ1v) is 9.05. The van der Waals surface area contributed by atoms with Crippen molar-refractivity contribution < 1.29 is 19.5 Å². The molecule has 2 amide bonds. The molecule has 0 bridgehead atoms. The van der Waals surface area contributed by atoms with Crippen LogP contribution in [0.25, 0.3) is 0 Å². The quantitative estimate of drug-likeness (QED) is 0.733. The maximum atomic E-state index is 12.7. The molecule has 27 heavy (non-hydrogen) atoms. The number of benzene rings is 2. The van der Waals surface area contributed by atoms with Crippen LogP contribution in [0.1, 0.15) is 42.1 Å². The Labute approximate surface area is 157 Å². The molecule has 0 saturated carbocycles. The predicted molar refractivity (Wildman–Crippen MR) is 103 cm³/mol. The number of nitrogens with one attached hydrogen (secondary N) is 1. The second-order valence-electron chi connectivity index (χ2n) is 6.62. The Morgan fingerprint density at radius 1 is 1.19 bits per heavy atom. The fourth-order valence-corrected chi connectivity index (χ4v) is 3.14. The number of carboxylic acid groups (broad SMARTS) is 1. The minimum absolute atomic E-state index is 0.0344. The first-order valence-electron chi connectivity index (χ1n) is 9.05. The van der Waals surface area contributed by atoms with Crippen LogP contribution in [0.3, 0.4) is 0 Å². The maximum absolute atomic E-state index is 12.7. The highest BCUT2D eigenvalue weighted by atomic mass is 16.4. The third-order valence-electron chi connectivity index (χ3n) is 4.61. The highest BCUT2D eigenvalue weighted by Gasteiger charge is 2.39. The van der Waals surface area contributed by atoms with Gasteiger partial charge in [-0.1, -0.05) is 31.5 Å². The number of unbranched alkanes of at least 4 members (excludes halogenated alkanes) is 1. The molecular weight excluding hydrogens is 344 g/mol. The number of carbonyl (C=O) groups excluding carboxylic acids is 2. The zero-order valence-electron chi connectivity index (χ0n) is 15.1. The summed E-state index contributed by atoms with van der Waals surface area (Å²) in [5.41, 5.74) is 2.34. The van der Waals surface area contributed by atoms with E-state index < -0.39 is 12.0 Å². The van der Waals surface area contributed by atoms with Crippen molar-refractivity contribution in [1.82, 2.24) is 0 Å². The van der Waals surface area contributed by atoms with Crippen molar-refractivity contribution in [3.05, 3.63) is 59.7 Å². The smallest absolute Gasteiger partial charge is 0.335 e. The molecule has 1 aliphatic heterocycles. The number of rotatable bonds is 7. The molecule has 2 aromatic rings. The van der Waals surface area contributed by atoms with E-state index in [0.717, 1.165) is 29.8 Å². The fourth-order valence-electron chi connectivity index (χ4n) is 3.14. The molecule has 2 N–H and O–H groups in total. The number of imide groups is 1. The lowest BCUT2D eigenvalue weighted by atomic mass is 10.1. The van der Waals surface area contributed by atoms with E-state index in [4.69, 9.17) is 5.11 Å². The SMILES string of the molecule is CCCCc1ccc(NC2CC(=O)N(c3cccc(C(=O)O)c3)C2=O)cc1. The number of amides is 2. The zero-order valence-corrected chi connectivity index (χ0v) is 15.1. The van der Waals surface area contributed by atoms with Gasteiger partial charge in [0.25, 0.3) is 5.91 Å². The van der Waals surface area contributed by atoms with Gasteiger partial charge >= 0.3 is 5.97 Å². The van der Waals surface area contributed by atoms with Gasteiger partial charge in [-0.2, -0.15) is 0 Å². The van der Waals surface area contributed by atoms with Gasteiger partial charge in [-0.05, 0) is 48.7 Å². The maximum Gasteiger partial charge on any atom is 0.335 e. The second kappa shape index (κ2) is 8.03. The predicted octanol–water partition coefficient (Wildman–Crippen LogP) is 3.47. The summed E-state index contributed by atoms with van der Waals surface area (Å²) < 4.78 is 0. The molecule has 1 saturated heterocycles. The Bertz CT molecular complexity index is 861. The topological polar surface area (TPSA) is 86.7 Å². The highest BCUT2D eigenvalue weighted by Crippen LogP contribution is 2.26. The largest absolute Gasteiger partial charge is 0.478 e. The molecular formula is C21H22N2O4. The van der Waals surface area contributed by atoms with Crippen molar-refractivity contribution in [3.63, 3.8) is 0 Å². The van der Waals surface area contributed by atoms with Crippen molar-refractivity contribution in [2.45, 2.75) is 38.6 Å². The van der Waals surface area contributed by atoms with Crippen LogP contribution < -0.4 is 10.2 Å². The zero-order chi connectivity index (χ0) is 19.4. The standard InChI is InChI=1S/C21H22N2O4/c1-2-3-5-14-8-10-16(11-9-14)22-18-13-19(24)23(20(18)25)17-7-4-6-15(12-17)21(26)27/h4,6-12,18,22H,2-3,5,13H2,1H3,(H,26,27). The third kappa shape index (κ3) is 4.16. The van der Waals surface area contributed by atoms with E-state index in [1.54, 1.807) is 6.07 Å². The molecule has 6 nitrogen and oxygen atoms in total. The molecule has 0 radical (unpaired) electrons. The molecule has 1 unspecified atom stereocenters. The number of aromatic carboxylic acids is 1. The van der Waals surface area contributed by atoms with E-state index in [0.29, 0.717) is 0 Å². The lowest BCUT2D eigenvalue weighted by molar-refractivity contribution is -0.121. The summed E-state index contributed by atoms with van der Waals surface area (Å²) in [4.78, 5) is 37.2. The van der Waals surface area contributed by atoms with Gasteiger partial charge in [0.1, 0.15) is 6.04 Å². The molecule has 2 aromatic carbocycles. The summed E-state index contributed by atoms with van der Waals surface area (Å²) in [6.07, 6.45) is 3.32. The van der Waals surface area contributed by atoms with Gasteiger partial charge in [-0.3, -0.25) is 9.59 Å². The van der Waals surface area contributed by atoms with Crippen LogP contribution in [0, 0.1) is 0 Å². The molecule has 0 aliphatic carbocycles. The lowest BCUT2D eigenvalue weighted by Gasteiger charge is -2.16. The minimum Gasteiger partial charge on any atom is -0.478 e. The highest BCUT2D eigenvalue weighted by molar-refractivity contribution is 6.23. The Hall–Kier alpha value is -3.15. The average Bonchev–Trinajstić information content (AvgIpc) is 2.94. The van der Waals surface area contributed by atoms with Crippen molar-refractivity contribution in [1.29, 1.82) is 0 Å². The molecule has 0 aromatic heterocycles. The van der Waals surface area contributed by atoms with Crippen molar-refractivity contribution in [3.8, 4) is 0 Å². The van der Waals surface area contributed by atoms with Crippen molar-refractivity contribution in [2.75, 3.05) is 10.2 Å². The molecule has 1 aliphatic rings. The Balaban J connectivity index is 1.72. The van der Waals surface area contributed by atoms with Crippen LogP contribution in [-0.4, -0.2) is 28.9 Å². The first-order chi connectivity index (χ1) is 13.0. The Kier molecular flexibility index (Phi) is 5.54. The second-order valence-corrected chi connectivity index (χ2v) is 6.62. The molecule has 6 heteroatoms. The van der Waals surface area contributed by atoms with E-state index in [1.807, 2.05) is 24.3 Å². The van der Waals surface area contributed by atoms with E-state index in [-0.39, 0.29) is 29.5 Å². The van der Waals surface area contributed by atoms with E-state index in [1.165, 1.54) is 23.8 Å². The molecule has 0 spiro atoms. The van der Waals surface area contributed by atoms with E-state index in [2.05, 4.69) is 12.2 Å². The summed E-state index contributed by atoms with van der Waals surface area (Å²) in [7, 11) is 0. The monoisotopic (exact) mass is 366 g/mol.